The fraction of sp³-hybridized carbons (Fsp3) is 0.400. The molecule has 0 N–H and O–H groups in total. The minimum atomic E-state index is -0.723. The monoisotopic (exact) mass is 215 g/mol. The number of carbonyl (C=O) groups is 1. The summed E-state index contributed by atoms with van der Waals surface area (Å²) in [4.78, 5) is 13.7. The van der Waals surface area contributed by atoms with E-state index in [9.17, 15) is 4.79 Å². The van der Waals surface area contributed by atoms with Gasteiger partial charge in [-0.05, 0) is 18.1 Å². The van der Waals surface area contributed by atoms with Crippen molar-refractivity contribution >= 4 is 17.0 Å². The van der Waals surface area contributed by atoms with Crippen molar-refractivity contribution in [2.45, 2.75) is 13.8 Å². The Morgan fingerprint density at radius 1 is 1.36 bits per heavy atom. The Balaban J connectivity index is 0.000000249. The normalized spacial score (nSPS) is 8.86. The molecule has 4 heteroatoms. The maximum absolute atomic E-state index is 9.89. The van der Waals surface area contributed by atoms with E-state index in [1.165, 1.54) is 0 Å². The molecule has 0 amide bonds. The second kappa shape index (κ2) is 8.51. The van der Waals surface area contributed by atoms with E-state index in [1.807, 2.05) is 32.0 Å². The highest BCUT2D eigenvalue weighted by atomic mass is 35.5. The summed E-state index contributed by atoms with van der Waals surface area (Å²) in [5.74, 6) is 0.359. The largest absolute Gasteiger partial charge is 0.453 e. The Labute approximate surface area is 89.1 Å². The van der Waals surface area contributed by atoms with Gasteiger partial charge in [0.1, 0.15) is 0 Å². The molecule has 14 heavy (non-hydrogen) atoms. The molecule has 1 aromatic heterocycles. The van der Waals surface area contributed by atoms with Gasteiger partial charge in [0.2, 0.25) is 0 Å². The Morgan fingerprint density at radius 2 is 1.93 bits per heavy atom. The van der Waals surface area contributed by atoms with Crippen LogP contribution in [0.5, 0.6) is 0 Å². The van der Waals surface area contributed by atoms with Crippen molar-refractivity contribution < 1.29 is 9.53 Å². The van der Waals surface area contributed by atoms with Gasteiger partial charge in [-0.15, -0.1) is 0 Å². The number of hydrogen-bond acceptors (Lipinski definition) is 3. The highest BCUT2D eigenvalue weighted by Gasteiger charge is 1.96. The van der Waals surface area contributed by atoms with Crippen LogP contribution in [0, 0.1) is 5.92 Å². The fourth-order valence-corrected chi connectivity index (χ4v) is 0.608. The molecule has 0 saturated heterocycles. The minimum Gasteiger partial charge on any atom is -0.453 e. The van der Waals surface area contributed by atoms with Crippen LogP contribution in [0.2, 0.25) is 0 Å². The number of nitrogens with zero attached hydrogens (tertiary/aromatic N) is 1. The summed E-state index contributed by atoms with van der Waals surface area (Å²) >= 11 is 4.86. The van der Waals surface area contributed by atoms with E-state index in [1.54, 1.807) is 12.4 Å². The van der Waals surface area contributed by atoms with Crippen LogP contribution in [-0.2, 0) is 4.74 Å². The van der Waals surface area contributed by atoms with E-state index in [4.69, 9.17) is 11.6 Å². The number of ether oxygens (including phenoxy) is 1. The summed E-state index contributed by atoms with van der Waals surface area (Å²) in [5.41, 5.74) is -0.723. The summed E-state index contributed by atoms with van der Waals surface area (Å²) in [5, 5.41) is 0. The molecule has 0 aliphatic rings. The minimum absolute atomic E-state index is 0.359. The molecule has 3 nitrogen and oxygen atoms in total. The van der Waals surface area contributed by atoms with Crippen LogP contribution in [0.3, 0.4) is 0 Å². The van der Waals surface area contributed by atoms with Crippen molar-refractivity contribution in [3.8, 4) is 0 Å². The van der Waals surface area contributed by atoms with Crippen LogP contribution < -0.4 is 0 Å². The van der Waals surface area contributed by atoms with Crippen LogP contribution in [0.25, 0.3) is 0 Å². The number of hydrogen-bond donors (Lipinski definition) is 0. The Hall–Kier alpha value is -1.09. The standard InChI is InChI=1S/C5H9ClO2.C5H5N/c1-4(2)3-8-5(6)7;1-2-4-6-5-3-1/h4H,3H2,1-2H3;1-5H. The molecule has 1 heterocycles. The summed E-state index contributed by atoms with van der Waals surface area (Å²) in [6.07, 6.45) is 3.50. The van der Waals surface area contributed by atoms with Gasteiger partial charge in [-0.25, -0.2) is 4.79 Å². The van der Waals surface area contributed by atoms with Gasteiger partial charge in [0.15, 0.2) is 0 Å². The third kappa shape index (κ3) is 10.9. The smallest absolute Gasteiger partial charge is 0.403 e. The van der Waals surface area contributed by atoms with Crippen LogP contribution in [0.4, 0.5) is 4.79 Å². The lowest BCUT2D eigenvalue weighted by Crippen LogP contribution is -2.02. The second-order valence-corrected chi connectivity index (χ2v) is 3.28. The van der Waals surface area contributed by atoms with Gasteiger partial charge in [0.25, 0.3) is 0 Å². The fourth-order valence-electron chi connectivity index (χ4n) is 0.545. The second-order valence-electron chi connectivity index (χ2n) is 2.97. The van der Waals surface area contributed by atoms with Gasteiger partial charge in [-0.1, -0.05) is 19.9 Å². The van der Waals surface area contributed by atoms with Gasteiger partial charge in [-0.3, -0.25) is 4.98 Å². The predicted molar refractivity (Wildman–Crippen MR) is 56.3 cm³/mol. The first-order chi connectivity index (χ1) is 6.63. The van der Waals surface area contributed by atoms with E-state index in [2.05, 4.69) is 9.72 Å². The van der Waals surface area contributed by atoms with E-state index in [-0.39, 0.29) is 0 Å². The zero-order valence-electron chi connectivity index (χ0n) is 8.31. The molecule has 0 radical (unpaired) electrons. The number of aromatic nitrogens is 1. The Morgan fingerprint density at radius 3 is 2.07 bits per heavy atom. The molecule has 0 aliphatic heterocycles. The highest BCUT2D eigenvalue weighted by molar-refractivity contribution is 6.61. The quantitative estimate of drug-likeness (QED) is 0.712. The van der Waals surface area contributed by atoms with Crippen molar-refractivity contribution in [2.24, 2.45) is 5.92 Å². The SMILES string of the molecule is CC(C)COC(=O)Cl.c1ccncc1. The van der Waals surface area contributed by atoms with Gasteiger partial charge in [0.05, 0.1) is 6.61 Å². The molecular formula is C10H14ClNO2. The van der Waals surface area contributed by atoms with Crippen molar-refractivity contribution in [3.63, 3.8) is 0 Å². The summed E-state index contributed by atoms with van der Waals surface area (Å²) in [7, 11) is 0. The third-order valence-electron chi connectivity index (χ3n) is 1.10. The first-order valence-corrected chi connectivity index (χ1v) is 4.68. The van der Waals surface area contributed by atoms with Gasteiger partial charge >= 0.3 is 5.43 Å². The molecule has 0 spiro atoms. The number of halogens is 1. The van der Waals surface area contributed by atoms with E-state index < -0.39 is 5.43 Å². The number of carbonyl (C=O) groups excluding carboxylic acids is 1. The topological polar surface area (TPSA) is 39.2 Å². The zero-order chi connectivity index (χ0) is 10.8. The summed E-state index contributed by atoms with van der Waals surface area (Å²) in [6.45, 7) is 4.29. The Kier molecular flexibility index (Phi) is 7.84. The molecule has 0 aromatic carbocycles. The van der Waals surface area contributed by atoms with Crippen LogP contribution in [-0.4, -0.2) is 17.0 Å². The van der Waals surface area contributed by atoms with Crippen molar-refractivity contribution in [2.75, 3.05) is 6.61 Å². The van der Waals surface area contributed by atoms with Crippen LogP contribution in [0.1, 0.15) is 13.8 Å². The molecule has 0 saturated carbocycles. The van der Waals surface area contributed by atoms with Gasteiger partial charge in [0, 0.05) is 24.0 Å². The zero-order valence-corrected chi connectivity index (χ0v) is 9.07. The molecule has 0 aliphatic carbocycles. The molecular weight excluding hydrogens is 202 g/mol. The first-order valence-electron chi connectivity index (χ1n) is 4.30. The van der Waals surface area contributed by atoms with Crippen molar-refractivity contribution in [1.29, 1.82) is 0 Å². The highest BCUT2D eigenvalue weighted by Crippen LogP contribution is 1.94. The average Bonchev–Trinajstić information content (AvgIpc) is 2.18. The lowest BCUT2D eigenvalue weighted by Gasteiger charge is -2.00. The van der Waals surface area contributed by atoms with Crippen LogP contribution in [0.15, 0.2) is 30.6 Å². The van der Waals surface area contributed by atoms with Gasteiger partial charge in [-0.2, -0.15) is 0 Å². The lowest BCUT2D eigenvalue weighted by molar-refractivity contribution is 0.159. The van der Waals surface area contributed by atoms with E-state index >= 15 is 0 Å². The van der Waals surface area contributed by atoms with E-state index in [0.29, 0.717) is 12.5 Å². The lowest BCUT2D eigenvalue weighted by atomic mass is 10.2. The van der Waals surface area contributed by atoms with Crippen molar-refractivity contribution in [1.82, 2.24) is 4.98 Å². The average molecular weight is 216 g/mol. The maximum atomic E-state index is 9.89. The van der Waals surface area contributed by atoms with E-state index in [0.717, 1.165) is 0 Å². The third-order valence-corrected chi connectivity index (χ3v) is 1.21. The predicted octanol–water partition coefficient (Wildman–Crippen LogP) is 3.10. The van der Waals surface area contributed by atoms with Crippen molar-refractivity contribution in [3.05, 3.63) is 30.6 Å². The summed E-state index contributed by atoms with van der Waals surface area (Å²) < 4.78 is 4.43. The summed E-state index contributed by atoms with van der Waals surface area (Å²) in [6, 6.07) is 5.72. The molecule has 0 fully saturated rings. The number of pyridine rings is 1. The van der Waals surface area contributed by atoms with Crippen LogP contribution >= 0.6 is 11.6 Å². The molecule has 0 atom stereocenters. The first kappa shape index (κ1) is 12.9. The molecule has 0 unspecified atom stereocenters. The molecule has 1 rings (SSSR count). The Bertz CT molecular complexity index is 212. The molecule has 0 bridgehead atoms. The molecule has 78 valence electrons. The number of rotatable bonds is 2. The molecule has 1 aromatic rings. The maximum Gasteiger partial charge on any atom is 0.403 e. The van der Waals surface area contributed by atoms with Gasteiger partial charge < -0.3 is 4.74 Å².